The first-order valence-corrected chi connectivity index (χ1v) is 6.88. The van der Waals surface area contributed by atoms with Crippen molar-refractivity contribution in [1.29, 1.82) is 0 Å². The maximum Gasteiger partial charge on any atom is 0.323 e. The molecule has 1 aliphatic carbocycles. The molecule has 1 fully saturated rings. The van der Waals surface area contributed by atoms with Crippen LogP contribution in [-0.4, -0.2) is 41.1 Å². The molecule has 2 rings (SSSR count). The molecule has 6 heteroatoms. The van der Waals surface area contributed by atoms with Gasteiger partial charge < -0.3 is 14.7 Å². The molecule has 1 N–H and O–H groups in total. The van der Waals surface area contributed by atoms with Gasteiger partial charge in [0.1, 0.15) is 18.1 Å². The minimum absolute atomic E-state index is 0.248. The summed E-state index contributed by atoms with van der Waals surface area (Å²) >= 11 is 0. The van der Waals surface area contributed by atoms with Crippen LogP contribution in [0.4, 0.5) is 4.39 Å². The highest BCUT2D eigenvalue weighted by atomic mass is 19.1. The number of benzene rings is 1. The summed E-state index contributed by atoms with van der Waals surface area (Å²) in [6, 6.07) is 5.51. The molecule has 0 aliphatic heterocycles. The Morgan fingerprint density at radius 2 is 2.19 bits per heavy atom. The van der Waals surface area contributed by atoms with Gasteiger partial charge in [-0.25, -0.2) is 4.39 Å². The van der Waals surface area contributed by atoms with Gasteiger partial charge in [0.25, 0.3) is 5.91 Å². The predicted octanol–water partition coefficient (Wildman–Crippen LogP) is 1.92. The SMILES string of the molecule is CC(Oc1cccc(F)c1)C(=O)N(CC(=O)O)CC1CC1. The summed E-state index contributed by atoms with van der Waals surface area (Å²) in [5.41, 5.74) is 0. The van der Waals surface area contributed by atoms with E-state index in [2.05, 4.69) is 0 Å². The Labute approximate surface area is 122 Å². The van der Waals surface area contributed by atoms with Crippen LogP contribution in [0.2, 0.25) is 0 Å². The van der Waals surface area contributed by atoms with Crippen molar-refractivity contribution in [2.75, 3.05) is 13.1 Å². The molecule has 1 amide bonds. The minimum atomic E-state index is -1.05. The lowest BCUT2D eigenvalue weighted by molar-refractivity contribution is -0.147. The van der Waals surface area contributed by atoms with Gasteiger partial charge in [0.2, 0.25) is 0 Å². The van der Waals surface area contributed by atoms with Crippen LogP contribution in [0, 0.1) is 11.7 Å². The number of aliphatic carboxylic acids is 1. The van der Waals surface area contributed by atoms with Crippen LogP contribution in [0.25, 0.3) is 0 Å². The summed E-state index contributed by atoms with van der Waals surface area (Å²) < 4.78 is 18.5. The Kier molecular flexibility index (Phi) is 4.77. The number of halogens is 1. The molecule has 0 aromatic heterocycles. The lowest BCUT2D eigenvalue weighted by Gasteiger charge is -2.24. The molecule has 1 saturated carbocycles. The fourth-order valence-corrected chi connectivity index (χ4v) is 2.06. The molecule has 0 heterocycles. The molecule has 0 spiro atoms. The van der Waals surface area contributed by atoms with Gasteiger partial charge in [-0.05, 0) is 37.8 Å². The molecule has 5 nitrogen and oxygen atoms in total. The largest absolute Gasteiger partial charge is 0.481 e. The summed E-state index contributed by atoms with van der Waals surface area (Å²) in [5.74, 6) is -1.27. The van der Waals surface area contributed by atoms with E-state index < -0.39 is 23.8 Å². The second-order valence-electron chi connectivity index (χ2n) is 5.27. The minimum Gasteiger partial charge on any atom is -0.481 e. The van der Waals surface area contributed by atoms with Crippen LogP contribution < -0.4 is 4.74 Å². The second-order valence-corrected chi connectivity index (χ2v) is 5.27. The van der Waals surface area contributed by atoms with Crippen molar-refractivity contribution >= 4 is 11.9 Å². The van der Waals surface area contributed by atoms with Gasteiger partial charge in [0.15, 0.2) is 6.10 Å². The summed E-state index contributed by atoms with van der Waals surface area (Å²) in [4.78, 5) is 24.4. The molecular weight excluding hydrogens is 277 g/mol. The van der Waals surface area contributed by atoms with E-state index in [1.54, 1.807) is 6.07 Å². The molecule has 0 saturated heterocycles. The smallest absolute Gasteiger partial charge is 0.323 e. The molecule has 1 aromatic rings. The molecule has 1 aromatic carbocycles. The topological polar surface area (TPSA) is 66.8 Å². The maximum absolute atomic E-state index is 13.1. The summed E-state index contributed by atoms with van der Waals surface area (Å²) in [7, 11) is 0. The van der Waals surface area contributed by atoms with E-state index in [4.69, 9.17) is 9.84 Å². The average molecular weight is 295 g/mol. The fourth-order valence-electron chi connectivity index (χ4n) is 2.06. The van der Waals surface area contributed by atoms with E-state index in [1.165, 1.54) is 30.0 Å². The van der Waals surface area contributed by atoms with Gasteiger partial charge in [0, 0.05) is 12.6 Å². The quantitative estimate of drug-likeness (QED) is 0.834. The van der Waals surface area contributed by atoms with Gasteiger partial charge in [-0.2, -0.15) is 0 Å². The second kappa shape index (κ2) is 6.56. The molecule has 1 atom stereocenters. The van der Waals surface area contributed by atoms with Crippen LogP contribution in [0.5, 0.6) is 5.75 Å². The highest BCUT2D eigenvalue weighted by Crippen LogP contribution is 2.30. The number of carboxylic acids is 1. The standard InChI is InChI=1S/C15H18FNO4/c1-10(21-13-4-2-3-12(16)7-13)15(20)17(9-14(18)19)8-11-5-6-11/h2-4,7,10-11H,5-6,8-9H2,1H3,(H,18,19). The molecule has 0 radical (unpaired) electrons. The first-order valence-electron chi connectivity index (χ1n) is 6.88. The zero-order chi connectivity index (χ0) is 15.4. The zero-order valence-corrected chi connectivity index (χ0v) is 11.8. The monoisotopic (exact) mass is 295 g/mol. The highest BCUT2D eigenvalue weighted by molar-refractivity contribution is 5.84. The molecule has 0 bridgehead atoms. The first kappa shape index (κ1) is 15.3. The molecule has 114 valence electrons. The fraction of sp³-hybridized carbons (Fsp3) is 0.467. The van der Waals surface area contributed by atoms with Crippen molar-refractivity contribution < 1.29 is 23.8 Å². The van der Waals surface area contributed by atoms with Gasteiger partial charge in [-0.15, -0.1) is 0 Å². The normalized spacial score (nSPS) is 15.3. The van der Waals surface area contributed by atoms with E-state index in [0.29, 0.717) is 12.5 Å². The Morgan fingerprint density at radius 1 is 1.48 bits per heavy atom. The average Bonchev–Trinajstić information content (AvgIpc) is 3.20. The van der Waals surface area contributed by atoms with Crippen LogP contribution in [-0.2, 0) is 9.59 Å². The zero-order valence-electron chi connectivity index (χ0n) is 11.8. The first-order chi connectivity index (χ1) is 9.95. The Morgan fingerprint density at radius 3 is 2.76 bits per heavy atom. The Balaban J connectivity index is 1.98. The van der Waals surface area contributed by atoms with E-state index >= 15 is 0 Å². The van der Waals surface area contributed by atoms with Crippen molar-refractivity contribution in [3.05, 3.63) is 30.1 Å². The van der Waals surface area contributed by atoms with Crippen molar-refractivity contribution in [1.82, 2.24) is 4.90 Å². The van der Waals surface area contributed by atoms with Crippen LogP contribution in [0.1, 0.15) is 19.8 Å². The Bertz CT molecular complexity index is 530. The van der Waals surface area contributed by atoms with E-state index in [9.17, 15) is 14.0 Å². The number of ether oxygens (including phenoxy) is 1. The Hall–Kier alpha value is -2.11. The highest BCUT2D eigenvalue weighted by Gasteiger charge is 2.30. The number of rotatable bonds is 7. The maximum atomic E-state index is 13.1. The lowest BCUT2D eigenvalue weighted by atomic mass is 10.2. The summed E-state index contributed by atoms with van der Waals surface area (Å²) in [5, 5.41) is 8.89. The summed E-state index contributed by atoms with van der Waals surface area (Å²) in [6.07, 6.45) is 1.18. The van der Waals surface area contributed by atoms with Crippen molar-refractivity contribution in [2.24, 2.45) is 5.92 Å². The van der Waals surface area contributed by atoms with Crippen LogP contribution in [0.3, 0.4) is 0 Å². The molecule has 1 aliphatic rings. The van der Waals surface area contributed by atoms with Crippen molar-refractivity contribution in [2.45, 2.75) is 25.9 Å². The third-order valence-electron chi connectivity index (χ3n) is 3.27. The lowest BCUT2D eigenvalue weighted by Crippen LogP contribution is -2.44. The van der Waals surface area contributed by atoms with Crippen molar-refractivity contribution in [3.63, 3.8) is 0 Å². The molecule has 21 heavy (non-hydrogen) atoms. The van der Waals surface area contributed by atoms with Crippen LogP contribution >= 0.6 is 0 Å². The van der Waals surface area contributed by atoms with Gasteiger partial charge >= 0.3 is 5.97 Å². The molecular formula is C15H18FNO4. The third-order valence-corrected chi connectivity index (χ3v) is 3.27. The predicted molar refractivity (Wildman–Crippen MR) is 73.4 cm³/mol. The van der Waals surface area contributed by atoms with Crippen molar-refractivity contribution in [3.8, 4) is 5.75 Å². The number of amides is 1. The third kappa shape index (κ3) is 4.73. The van der Waals surface area contributed by atoms with Gasteiger partial charge in [-0.3, -0.25) is 9.59 Å². The van der Waals surface area contributed by atoms with E-state index in [-0.39, 0.29) is 12.3 Å². The summed E-state index contributed by atoms with van der Waals surface area (Å²) in [6.45, 7) is 1.63. The number of carbonyl (C=O) groups is 2. The number of nitrogens with zero attached hydrogens (tertiary/aromatic N) is 1. The number of hydrogen-bond donors (Lipinski definition) is 1. The van der Waals surface area contributed by atoms with E-state index in [0.717, 1.165) is 12.8 Å². The van der Waals surface area contributed by atoms with Gasteiger partial charge in [-0.1, -0.05) is 6.07 Å². The van der Waals surface area contributed by atoms with Crippen LogP contribution in [0.15, 0.2) is 24.3 Å². The molecule has 1 unspecified atom stereocenters. The number of carbonyl (C=O) groups excluding carboxylic acids is 1. The number of hydrogen-bond acceptors (Lipinski definition) is 3. The number of carboxylic acid groups (broad SMARTS) is 1. The van der Waals surface area contributed by atoms with Gasteiger partial charge in [0.05, 0.1) is 0 Å². The van der Waals surface area contributed by atoms with E-state index in [1.807, 2.05) is 0 Å².